The van der Waals surface area contributed by atoms with Gasteiger partial charge in [-0.1, -0.05) is 23.2 Å². The maximum atomic E-state index is 11.5. The average molecular weight is 288 g/mol. The van der Waals surface area contributed by atoms with Crippen molar-refractivity contribution in [1.82, 2.24) is 4.90 Å². The molecule has 0 unspecified atom stereocenters. The van der Waals surface area contributed by atoms with Gasteiger partial charge in [0.15, 0.2) is 0 Å². The summed E-state index contributed by atoms with van der Waals surface area (Å²) in [7, 11) is 1.76. The van der Waals surface area contributed by atoms with Gasteiger partial charge in [-0.15, -0.1) is 5.10 Å². The Morgan fingerprint density at radius 3 is 2.94 bits per heavy atom. The van der Waals surface area contributed by atoms with Gasteiger partial charge in [0.25, 0.3) is 0 Å². The first-order chi connectivity index (χ1) is 8.58. The molecule has 0 radical (unpaired) electrons. The van der Waals surface area contributed by atoms with Crippen molar-refractivity contribution in [3.05, 3.63) is 28.2 Å². The lowest BCUT2D eigenvalue weighted by atomic mass is 10.3. The number of likely N-dealkylation sites (N-methyl/N-ethyl adjacent to an activating group) is 1. The molecule has 0 spiro atoms. The van der Waals surface area contributed by atoms with E-state index in [1.54, 1.807) is 30.1 Å². The number of amidine groups is 1. The summed E-state index contributed by atoms with van der Waals surface area (Å²) >= 11 is 11.8. The van der Waals surface area contributed by atoms with Crippen molar-refractivity contribution in [3.8, 4) is 0 Å². The number of halogens is 2. The summed E-state index contributed by atoms with van der Waals surface area (Å²) in [6.07, 6.45) is 0. The molecule has 7 heteroatoms. The van der Waals surface area contributed by atoms with Crippen molar-refractivity contribution in [1.29, 1.82) is 0 Å². The van der Waals surface area contributed by atoms with Gasteiger partial charge in [-0.2, -0.15) is 0 Å². The number of carbonyl (C=O) groups is 1. The molecule has 1 N–H and O–H groups in total. The second-order valence-corrected chi connectivity index (χ2v) is 4.57. The van der Waals surface area contributed by atoms with E-state index in [2.05, 4.69) is 10.5 Å². The minimum Gasteiger partial charge on any atom is -0.458 e. The van der Waals surface area contributed by atoms with Crippen molar-refractivity contribution in [3.63, 3.8) is 0 Å². The number of esters is 1. The van der Waals surface area contributed by atoms with Gasteiger partial charge in [-0.25, -0.2) is 4.79 Å². The monoisotopic (exact) mass is 287 g/mol. The molecule has 1 aliphatic heterocycles. The molecule has 2 rings (SSSR count). The molecule has 1 fully saturated rings. The summed E-state index contributed by atoms with van der Waals surface area (Å²) in [6, 6.07) is 4.95. The van der Waals surface area contributed by atoms with E-state index in [4.69, 9.17) is 27.9 Å². The molecule has 5 nitrogen and oxygen atoms in total. The van der Waals surface area contributed by atoms with Crippen LogP contribution in [0.15, 0.2) is 23.3 Å². The van der Waals surface area contributed by atoms with Crippen LogP contribution < -0.4 is 5.43 Å². The number of morpholine rings is 1. The molecule has 0 amide bonds. The third-order valence-electron chi connectivity index (χ3n) is 2.41. The highest BCUT2D eigenvalue weighted by Gasteiger charge is 2.23. The predicted molar refractivity (Wildman–Crippen MR) is 71.1 cm³/mol. The van der Waals surface area contributed by atoms with Gasteiger partial charge in [0.05, 0.1) is 17.3 Å². The van der Waals surface area contributed by atoms with Crippen LogP contribution in [0.5, 0.6) is 0 Å². The summed E-state index contributed by atoms with van der Waals surface area (Å²) in [4.78, 5) is 13.2. The standard InChI is InChI=1S/C11H11Cl2N3O2/c1-16-4-5-18-11(17)10(16)15-14-9-6-7(12)2-3-8(9)13/h2-3,6,14H,4-5H2,1H3. The molecule has 0 aromatic heterocycles. The Morgan fingerprint density at radius 2 is 2.22 bits per heavy atom. The van der Waals surface area contributed by atoms with E-state index in [9.17, 15) is 4.79 Å². The van der Waals surface area contributed by atoms with Gasteiger partial charge in [0.2, 0.25) is 5.84 Å². The van der Waals surface area contributed by atoms with Crippen molar-refractivity contribution >= 4 is 40.7 Å². The van der Waals surface area contributed by atoms with Gasteiger partial charge in [-0.05, 0) is 18.2 Å². The van der Waals surface area contributed by atoms with E-state index in [-0.39, 0.29) is 5.84 Å². The number of hydrogen-bond acceptors (Lipinski definition) is 4. The topological polar surface area (TPSA) is 53.9 Å². The van der Waals surface area contributed by atoms with Crippen LogP contribution in [0.3, 0.4) is 0 Å². The molecular weight excluding hydrogens is 277 g/mol. The number of rotatable bonds is 2. The summed E-state index contributed by atoms with van der Waals surface area (Å²) in [5.74, 6) is -0.258. The smallest absolute Gasteiger partial charge is 0.376 e. The lowest BCUT2D eigenvalue weighted by molar-refractivity contribution is -0.138. The number of anilines is 1. The largest absolute Gasteiger partial charge is 0.458 e. The molecule has 1 heterocycles. The van der Waals surface area contributed by atoms with Crippen LogP contribution in [-0.2, 0) is 9.53 Å². The first kappa shape index (κ1) is 13.0. The normalized spacial score (nSPS) is 17.8. The van der Waals surface area contributed by atoms with E-state index in [1.165, 1.54) is 0 Å². The number of ether oxygens (including phenoxy) is 1. The highest BCUT2D eigenvalue weighted by Crippen LogP contribution is 2.25. The third-order valence-corrected chi connectivity index (χ3v) is 2.98. The molecular formula is C11H11Cl2N3O2. The summed E-state index contributed by atoms with van der Waals surface area (Å²) in [5, 5.41) is 4.99. The Kier molecular flexibility index (Phi) is 3.93. The number of nitrogens with one attached hydrogen (secondary N) is 1. The summed E-state index contributed by atoms with van der Waals surface area (Å²) < 4.78 is 4.89. The van der Waals surface area contributed by atoms with Crippen LogP contribution in [-0.4, -0.2) is 36.9 Å². The lowest BCUT2D eigenvalue weighted by Gasteiger charge is -2.24. The molecule has 0 saturated carbocycles. The number of hydrogen-bond donors (Lipinski definition) is 1. The van der Waals surface area contributed by atoms with Crippen LogP contribution in [0.4, 0.5) is 5.69 Å². The molecule has 1 saturated heterocycles. The number of benzene rings is 1. The van der Waals surface area contributed by atoms with Crippen LogP contribution in [0, 0.1) is 0 Å². The molecule has 1 aromatic carbocycles. The fraction of sp³-hybridized carbons (Fsp3) is 0.273. The number of cyclic esters (lactones) is 1. The predicted octanol–water partition coefficient (Wildman–Crippen LogP) is 2.21. The van der Waals surface area contributed by atoms with E-state index >= 15 is 0 Å². The van der Waals surface area contributed by atoms with Crippen LogP contribution in [0.25, 0.3) is 0 Å². The fourth-order valence-electron chi connectivity index (χ4n) is 1.43. The maximum Gasteiger partial charge on any atom is 0.376 e. The SMILES string of the molecule is CN1CCOC(=O)C1=NNc1cc(Cl)ccc1Cl. The number of nitrogens with zero attached hydrogens (tertiary/aromatic N) is 2. The minimum absolute atomic E-state index is 0.206. The van der Waals surface area contributed by atoms with Gasteiger partial charge >= 0.3 is 5.97 Å². The second kappa shape index (κ2) is 5.46. The van der Waals surface area contributed by atoms with E-state index in [0.717, 1.165) is 0 Å². The van der Waals surface area contributed by atoms with E-state index in [0.29, 0.717) is 28.9 Å². The lowest BCUT2D eigenvalue weighted by Crippen LogP contribution is -2.43. The zero-order chi connectivity index (χ0) is 13.1. The second-order valence-electron chi connectivity index (χ2n) is 3.73. The van der Waals surface area contributed by atoms with Crippen molar-refractivity contribution in [2.24, 2.45) is 5.10 Å². The maximum absolute atomic E-state index is 11.5. The molecule has 1 aliphatic rings. The van der Waals surface area contributed by atoms with E-state index < -0.39 is 5.97 Å². The molecule has 0 bridgehead atoms. The Balaban J connectivity index is 2.18. The zero-order valence-corrected chi connectivity index (χ0v) is 11.1. The Morgan fingerprint density at radius 1 is 1.44 bits per heavy atom. The molecule has 0 aliphatic carbocycles. The Hall–Kier alpha value is -1.46. The molecule has 0 atom stereocenters. The van der Waals surface area contributed by atoms with Gasteiger partial charge in [0.1, 0.15) is 6.61 Å². The fourth-order valence-corrected chi connectivity index (χ4v) is 1.76. The first-order valence-electron chi connectivity index (χ1n) is 5.25. The molecule has 1 aromatic rings. The van der Waals surface area contributed by atoms with Gasteiger partial charge < -0.3 is 9.64 Å². The number of carbonyl (C=O) groups excluding carboxylic acids is 1. The number of hydrazone groups is 1. The van der Waals surface area contributed by atoms with Crippen molar-refractivity contribution in [2.45, 2.75) is 0 Å². The van der Waals surface area contributed by atoms with Crippen LogP contribution in [0.2, 0.25) is 10.0 Å². The highest BCUT2D eigenvalue weighted by molar-refractivity contribution is 6.36. The Bertz CT molecular complexity index is 505. The zero-order valence-electron chi connectivity index (χ0n) is 9.61. The van der Waals surface area contributed by atoms with Crippen molar-refractivity contribution < 1.29 is 9.53 Å². The van der Waals surface area contributed by atoms with Gasteiger partial charge in [-0.3, -0.25) is 5.43 Å². The Labute approximate surface area is 114 Å². The van der Waals surface area contributed by atoms with Crippen LogP contribution >= 0.6 is 23.2 Å². The van der Waals surface area contributed by atoms with Crippen LogP contribution in [0.1, 0.15) is 0 Å². The summed E-state index contributed by atoms with van der Waals surface area (Å²) in [5.41, 5.74) is 3.24. The third kappa shape index (κ3) is 2.86. The van der Waals surface area contributed by atoms with E-state index in [1.807, 2.05) is 0 Å². The highest BCUT2D eigenvalue weighted by atomic mass is 35.5. The molecule has 18 heavy (non-hydrogen) atoms. The average Bonchev–Trinajstić information content (AvgIpc) is 2.33. The van der Waals surface area contributed by atoms with Gasteiger partial charge in [0, 0.05) is 12.1 Å². The quantitative estimate of drug-likeness (QED) is 0.669. The first-order valence-corrected chi connectivity index (χ1v) is 6.00. The van der Waals surface area contributed by atoms with Crippen molar-refractivity contribution in [2.75, 3.05) is 25.6 Å². The molecule has 96 valence electrons. The minimum atomic E-state index is -0.464. The summed E-state index contributed by atoms with van der Waals surface area (Å²) in [6.45, 7) is 0.974.